The molecule has 4 nitrogen and oxygen atoms in total. The van der Waals surface area contributed by atoms with Crippen LogP contribution in [0.2, 0.25) is 0 Å². The maximum atomic E-state index is 11.7. The Kier molecular flexibility index (Phi) is 5.53. The molecule has 1 amide bonds. The number of nitrogens with zero attached hydrogens (tertiary/aromatic N) is 1. The van der Waals surface area contributed by atoms with E-state index in [0.717, 1.165) is 5.69 Å². The van der Waals surface area contributed by atoms with Gasteiger partial charge in [0.2, 0.25) is 5.91 Å². The van der Waals surface area contributed by atoms with Crippen molar-refractivity contribution in [1.82, 2.24) is 5.32 Å². The Balaban J connectivity index is 2.37. The molecule has 0 fully saturated rings. The third kappa shape index (κ3) is 4.00. The molecule has 0 aliphatic rings. The number of hydrogen-bond donors (Lipinski definition) is 1. The van der Waals surface area contributed by atoms with E-state index in [0.29, 0.717) is 19.7 Å². The molecule has 1 rings (SSSR count). The van der Waals surface area contributed by atoms with Gasteiger partial charge in [-0.15, -0.1) is 0 Å². The molecule has 0 aromatic heterocycles. The lowest BCUT2D eigenvalue weighted by atomic mass is 10.3. The van der Waals surface area contributed by atoms with Crippen molar-refractivity contribution in [3.05, 3.63) is 30.3 Å². The summed E-state index contributed by atoms with van der Waals surface area (Å²) in [5, 5.41) is 3.02. The molecule has 0 spiro atoms. The first-order chi connectivity index (χ1) is 7.75. The van der Waals surface area contributed by atoms with Crippen LogP contribution in [-0.2, 0) is 9.53 Å². The minimum atomic E-state index is 0.0438. The number of carbonyl (C=O) groups is 1. The van der Waals surface area contributed by atoms with Crippen molar-refractivity contribution in [1.29, 1.82) is 0 Å². The first-order valence-corrected chi connectivity index (χ1v) is 5.27. The van der Waals surface area contributed by atoms with Crippen molar-refractivity contribution in [3.8, 4) is 0 Å². The number of methoxy groups -OCH3 is 1. The number of benzene rings is 1. The van der Waals surface area contributed by atoms with Gasteiger partial charge in [-0.25, -0.2) is 0 Å². The SMILES string of the molecule is COCCNCC(=O)N(C)c1ccccc1. The highest BCUT2D eigenvalue weighted by Crippen LogP contribution is 2.10. The van der Waals surface area contributed by atoms with Crippen molar-refractivity contribution in [2.75, 3.05) is 38.8 Å². The zero-order chi connectivity index (χ0) is 11.8. The molecule has 0 unspecified atom stereocenters. The smallest absolute Gasteiger partial charge is 0.240 e. The number of likely N-dealkylation sites (N-methyl/N-ethyl adjacent to an activating group) is 1. The molecule has 1 N–H and O–H groups in total. The van der Waals surface area contributed by atoms with Crippen LogP contribution in [0.15, 0.2) is 30.3 Å². The van der Waals surface area contributed by atoms with Crippen molar-refractivity contribution in [2.24, 2.45) is 0 Å². The van der Waals surface area contributed by atoms with E-state index in [2.05, 4.69) is 5.32 Å². The minimum Gasteiger partial charge on any atom is -0.383 e. The second-order valence-corrected chi connectivity index (χ2v) is 3.46. The standard InChI is InChI=1S/C12H18N2O2/c1-14(11-6-4-3-5-7-11)12(15)10-13-8-9-16-2/h3-7,13H,8-10H2,1-2H3. The van der Waals surface area contributed by atoms with Crippen LogP contribution in [0.5, 0.6) is 0 Å². The molecular weight excluding hydrogens is 204 g/mol. The molecule has 0 radical (unpaired) electrons. The Hall–Kier alpha value is -1.39. The van der Waals surface area contributed by atoms with Crippen LogP contribution < -0.4 is 10.2 Å². The highest BCUT2D eigenvalue weighted by Gasteiger charge is 2.08. The van der Waals surface area contributed by atoms with E-state index < -0.39 is 0 Å². The molecule has 0 aliphatic carbocycles. The maximum absolute atomic E-state index is 11.7. The van der Waals surface area contributed by atoms with Crippen LogP contribution in [-0.4, -0.2) is 39.8 Å². The van der Waals surface area contributed by atoms with E-state index in [9.17, 15) is 4.79 Å². The summed E-state index contributed by atoms with van der Waals surface area (Å²) >= 11 is 0. The van der Waals surface area contributed by atoms with E-state index in [1.807, 2.05) is 30.3 Å². The van der Waals surface area contributed by atoms with Gasteiger partial charge in [0.25, 0.3) is 0 Å². The lowest BCUT2D eigenvalue weighted by Gasteiger charge is -2.17. The molecule has 0 saturated heterocycles. The quantitative estimate of drug-likeness (QED) is 0.727. The van der Waals surface area contributed by atoms with Gasteiger partial charge in [-0.1, -0.05) is 18.2 Å². The first-order valence-electron chi connectivity index (χ1n) is 5.27. The van der Waals surface area contributed by atoms with Crippen LogP contribution in [0.3, 0.4) is 0 Å². The summed E-state index contributed by atoms with van der Waals surface area (Å²) in [7, 11) is 3.41. The van der Waals surface area contributed by atoms with Crippen molar-refractivity contribution >= 4 is 11.6 Å². The number of amides is 1. The van der Waals surface area contributed by atoms with E-state index in [1.165, 1.54) is 0 Å². The molecule has 1 aromatic rings. The summed E-state index contributed by atoms with van der Waals surface area (Å²) in [5.74, 6) is 0.0438. The summed E-state index contributed by atoms with van der Waals surface area (Å²) in [6.07, 6.45) is 0. The van der Waals surface area contributed by atoms with Crippen molar-refractivity contribution in [2.45, 2.75) is 0 Å². The maximum Gasteiger partial charge on any atom is 0.240 e. The highest BCUT2D eigenvalue weighted by molar-refractivity contribution is 5.94. The van der Waals surface area contributed by atoms with E-state index in [-0.39, 0.29) is 5.91 Å². The Morgan fingerprint density at radius 1 is 1.38 bits per heavy atom. The van der Waals surface area contributed by atoms with Crippen molar-refractivity contribution < 1.29 is 9.53 Å². The fourth-order valence-electron chi connectivity index (χ4n) is 1.28. The van der Waals surface area contributed by atoms with Gasteiger partial charge in [-0.2, -0.15) is 0 Å². The molecule has 4 heteroatoms. The first kappa shape index (κ1) is 12.7. The lowest BCUT2D eigenvalue weighted by Crippen LogP contribution is -2.36. The molecule has 16 heavy (non-hydrogen) atoms. The number of nitrogens with one attached hydrogen (secondary N) is 1. The average molecular weight is 222 g/mol. The minimum absolute atomic E-state index is 0.0438. The van der Waals surface area contributed by atoms with Gasteiger partial charge < -0.3 is 15.0 Å². The third-order valence-electron chi connectivity index (χ3n) is 2.28. The largest absolute Gasteiger partial charge is 0.383 e. The second-order valence-electron chi connectivity index (χ2n) is 3.46. The number of ether oxygens (including phenoxy) is 1. The Labute approximate surface area is 96.2 Å². The normalized spacial score (nSPS) is 10.1. The number of anilines is 1. The zero-order valence-corrected chi connectivity index (χ0v) is 9.77. The molecular formula is C12H18N2O2. The fourth-order valence-corrected chi connectivity index (χ4v) is 1.28. The molecule has 0 bridgehead atoms. The van der Waals surface area contributed by atoms with Gasteiger partial charge in [-0.3, -0.25) is 4.79 Å². The van der Waals surface area contributed by atoms with Gasteiger partial charge in [0, 0.05) is 26.4 Å². The van der Waals surface area contributed by atoms with Gasteiger partial charge in [0.15, 0.2) is 0 Å². The Morgan fingerprint density at radius 2 is 2.06 bits per heavy atom. The van der Waals surface area contributed by atoms with Crippen LogP contribution in [0.4, 0.5) is 5.69 Å². The molecule has 0 aliphatic heterocycles. The molecule has 88 valence electrons. The third-order valence-corrected chi connectivity index (χ3v) is 2.28. The molecule has 1 aromatic carbocycles. The monoisotopic (exact) mass is 222 g/mol. The van der Waals surface area contributed by atoms with Crippen LogP contribution >= 0.6 is 0 Å². The van der Waals surface area contributed by atoms with Crippen LogP contribution in [0.1, 0.15) is 0 Å². The summed E-state index contributed by atoms with van der Waals surface area (Å²) in [6, 6.07) is 9.58. The summed E-state index contributed by atoms with van der Waals surface area (Å²) in [4.78, 5) is 13.4. The summed E-state index contributed by atoms with van der Waals surface area (Å²) in [6.45, 7) is 1.63. The van der Waals surface area contributed by atoms with Gasteiger partial charge in [0.1, 0.15) is 0 Å². The predicted octanol–water partition coefficient (Wildman–Crippen LogP) is 0.885. The second kappa shape index (κ2) is 6.98. The molecule has 0 saturated carbocycles. The zero-order valence-electron chi connectivity index (χ0n) is 9.77. The topological polar surface area (TPSA) is 41.6 Å². The number of rotatable bonds is 6. The number of para-hydroxylation sites is 1. The van der Waals surface area contributed by atoms with Crippen LogP contribution in [0, 0.1) is 0 Å². The molecule has 0 heterocycles. The summed E-state index contributed by atoms with van der Waals surface area (Å²) < 4.78 is 4.88. The Bertz CT molecular complexity index is 314. The number of hydrogen-bond acceptors (Lipinski definition) is 3. The Morgan fingerprint density at radius 3 is 2.69 bits per heavy atom. The average Bonchev–Trinajstić information content (AvgIpc) is 2.34. The highest BCUT2D eigenvalue weighted by atomic mass is 16.5. The van der Waals surface area contributed by atoms with Gasteiger partial charge in [0.05, 0.1) is 13.2 Å². The van der Waals surface area contributed by atoms with Crippen LogP contribution in [0.25, 0.3) is 0 Å². The predicted molar refractivity (Wildman–Crippen MR) is 64.6 cm³/mol. The van der Waals surface area contributed by atoms with Gasteiger partial charge in [-0.05, 0) is 12.1 Å². The number of carbonyl (C=O) groups excluding carboxylic acids is 1. The van der Waals surface area contributed by atoms with E-state index in [4.69, 9.17) is 4.74 Å². The summed E-state index contributed by atoms with van der Waals surface area (Å²) in [5.41, 5.74) is 0.904. The van der Waals surface area contributed by atoms with Gasteiger partial charge >= 0.3 is 0 Å². The van der Waals surface area contributed by atoms with E-state index >= 15 is 0 Å². The van der Waals surface area contributed by atoms with Crippen molar-refractivity contribution in [3.63, 3.8) is 0 Å². The fraction of sp³-hybridized carbons (Fsp3) is 0.417. The molecule has 0 atom stereocenters. The van der Waals surface area contributed by atoms with E-state index in [1.54, 1.807) is 19.1 Å². The lowest BCUT2D eigenvalue weighted by molar-refractivity contribution is -0.117.